The summed E-state index contributed by atoms with van der Waals surface area (Å²) in [6.07, 6.45) is -2.54. The van der Waals surface area contributed by atoms with E-state index >= 15 is 0 Å². The molecule has 0 aliphatic carbocycles. The summed E-state index contributed by atoms with van der Waals surface area (Å²) >= 11 is 0. The second-order valence-corrected chi connectivity index (χ2v) is 8.83. The maximum Gasteiger partial charge on any atom is 0.416 e. The molecule has 4 aromatic rings. The predicted molar refractivity (Wildman–Crippen MR) is 138 cm³/mol. The molecule has 11 heteroatoms. The van der Waals surface area contributed by atoms with Gasteiger partial charge in [0.2, 0.25) is 0 Å². The minimum Gasteiger partial charge on any atom is -0.497 e. The number of H-pyrrole nitrogens is 1. The van der Waals surface area contributed by atoms with Gasteiger partial charge in [0.1, 0.15) is 5.75 Å². The SMILES string of the molecule is COCc1[nH]nc(C(=O)NCc2cc(OC)ccc2C(F)(F)F)c1Cc1ccc(Cn2ccccc2=O)cc1. The highest BCUT2D eigenvalue weighted by Gasteiger charge is 2.33. The number of carbonyl (C=O) groups excluding carboxylic acids is 1. The van der Waals surface area contributed by atoms with Gasteiger partial charge in [0, 0.05) is 37.9 Å². The van der Waals surface area contributed by atoms with Crippen molar-refractivity contribution < 1.29 is 27.4 Å². The molecule has 0 bridgehead atoms. The lowest BCUT2D eigenvalue weighted by Crippen LogP contribution is -2.26. The number of benzene rings is 2. The molecular weight excluding hydrogens is 513 g/mol. The zero-order valence-electron chi connectivity index (χ0n) is 21.3. The van der Waals surface area contributed by atoms with Crippen LogP contribution in [0.15, 0.2) is 71.7 Å². The molecule has 39 heavy (non-hydrogen) atoms. The first-order valence-corrected chi connectivity index (χ1v) is 12.0. The van der Waals surface area contributed by atoms with E-state index in [9.17, 15) is 22.8 Å². The van der Waals surface area contributed by atoms with E-state index in [-0.39, 0.29) is 35.7 Å². The maximum atomic E-state index is 13.5. The molecule has 0 radical (unpaired) electrons. The fourth-order valence-electron chi connectivity index (χ4n) is 4.18. The molecule has 4 rings (SSSR count). The third kappa shape index (κ3) is 6.74. The summed E-state index contributed by atoms with van der Waals surface area (Å²) in [5, 5.41) is 9.49. The first kappa shape index (κ1) is 27.6. The third-order valence-corrected chi connectivity index (χ3v) is 6.17. The van der Waals surface area contributed by atoms with Crippen molar-refractivity contribution in [3.05, 3.63) is 116 Å². The minimum absolute atomic E-state index is 0.0680. The highest BCUT2D eigenvalue weighted by Crippen LogP contribution is 2.34. The lowest BCUT2D eigenvalue weighted by Gasteiger charge is -2.15. The molecule has 0 saturated carbocycles. The van der Waals surface area contributed by atoms with Crippen molar-refractivity contribution >= 4 is 5.91 Å². The Morgan fingerprint density at radius 1 is 1.05 bits per heavy atom. The summed E-state index contributed by atoms with van der Waals surface area (Å²) in [5.41, 5.74) is 1.94. The second-order valence-electron chi connectivity index (χ2n) is 8.83. The molecule has 0 saturated heterocycles. The molecule has 0 aliphatic rings. The van der Waals surface area contributed by atoms with Gasteiger partial charge in [0.05, 0.1) is 31.5 Å². The number of pyridine rings is 1. The minimum atomic E-state index is -4.59. The van der Waals surface area contributed by atoms with Gasteiger partial charge >= 0.3 is 6.18 Å². The normalized spacial score (nSPS) is 11.4. The summed E-state index contributed by atoms with van der Waals surface area (Å²) in [7, 11) is 2.86. The lowest BCUT2D eigenvalue weighted by atomic mass is 10.0. The van der Waals surface area contributed by atoms with Crippen LogP contribution >= 0.6 is 0 Å². The Labute approximate surface area is 222 Å². The smallest absolute Gasteiger partial charge is 0.416 e. The summed E-state index contributed by atoms with van der Waals surface area (Å²) in [6.45, 7) is 0.210. The van der Waals surface area contributed by atoms with Gasteiger partial charge in [-0.15, -0.1) is 0 Å². The number of aromatic amines is 1. The Morgan fingerprint density at radius 3 is 2.46 bits per heavy atom. The number of aromatic nitrogens is 3. The van der Waals surface area contributed by atoms with Gasteiger partial charge in [-0.3, -0.25) is 14.7 Å². The summed E-state index contributed by atoms with van der Waals surface area (Å²) in [4.78, 5) is 25.1. The van der Waals surface area contributed by atoms with Gasteiger partial charge in [0.25, 0.3) is 11.5 Å². The Kier molecular flexibility index (Phi) is 8.50. The molecule has 0 atom stereocenters. The van der Waals surface area contributed by atoms with Crippen molar-refractivity contribution in [1.82, 2.24) is 20.1 Å². The van der Waals surface area contributed by atoms with Crippen LogP contribution in [0.1, 0.15) is 44.0 Å². The van der Waals surface area contributed by atoms with Gasteiger partial charge in [-0.2, -0.15) is 18.3 Å². The molecular formula is C28H27F3N4O4. The van der Waals surface area contributed by atoms with Crippen LogP contribution in [0.5, 0.6) is 5.75 Å². The quantitative estimate of drug-likeness (QED) is 0.312. The standard InChI is InChI=1S/C28H27F3N4O4/c1-38-17-24-22(13-18-6-8-19(9-7-18)16-35-12-4-3-5-25(35)36)26(34-33-24)27(37)32-15-20-14-21(39-2)10-11-23(20)28(29,30)31/h3-12,14H,13,15-17H2,1-2H3,(H,32,37)(H,33,34). The number of rotatable bonds is 10. The summed E-state index contributed by atoms with van der Waals surface area (Å²) < 4.78 is 52.4. The fourth-order valence-corrected chi connectivity index (χ4v) is 4.18. The number of halogens is 3. The van der Waals surface area contributed by atoms with Crippen LogP contribution in [0.2, 0.25) is 0 Å². The van der Waals surface area contributed by atoms with Crippen molar-refractivity contribution in [3.8, 4) is 5.75 Å². The fraction of sp³-hybridized carbons (Fsp3) is 0.250. The van der Waals surface area contributed by atoms with Crippen LogP contribution in [-0.4, -0.2) is 34.9 Å². The molecule has 2 N–H and O–H groups in total. The maximum absolute atomic E-state index is 13.5. The molecule has 8 nitrogen and oxygen atoms in total. The first-order chi connectivity index (χ1) is 18.7. The van der Waals surface area contributed by atoms with Crippen LogP contribution in [0.3, 0.4) is 0 Å². The molecule has 204 valence electrons. The van der Waals surface area contributed by atoms with E-state index in [1.54, 1.807) is 22.9 Å². The van der Waals surface area contributed by atoms with Crippen LogP contribution in [0, 0.1) is 0 Å². The molecule has 0 fully saturated rings. The van der Waals surface area contributed by atoms with Crippen molar-refractivity contribution in [2.24, 2.45) is 0 Å². The second kappa shape index (κ2) is 12.0. The Hall–Kier alpha value is -4.38. The van der Waals surface area contributed by atoms with E-state index in [2.05, 4.69) is 15.5 Å². The number of amides is 1. The Morgan fingerprint density at radius 2 is 1.79 bits per heavy atom. The third-order valence-electron chi connectivity index (χ3n) is 6.17. The van der Waals surface area contributed by atoms with E-state index < -0.39 is 17.6 Å². The summed E-state index contributed by atoms with van der Waals surface area (Å²) in [5.74, 6) is -0.379. The average molecular weight is 541 g/mol. The number of methoxy groups -OCH3 is 2. The number of hydrogen-bond donors (Lipinski definition) is 2. The molecule has 2 heterocycles. The highest BCUT2D eigenvalue weighted by molar-refractivity contribution is 5.94. The first-order valence-electron chi connectivity index (χ1n) is 12.0. The topological polar surface area (TPSA) is 98.2 Å². The number of alkyl halides is 3. The number of carbonyl (C=O) groups is 1. The zero-order valence-corrected chi connectivity index (χ0v) is 21.3. The monoisotopic (exact) mass is 540 g/mol. The van der Waals surface area contributed by atoms with Crippen molar-refractivity contribution in [2.45, 2.75) is 32.3 Å². The zero-order chi connectivity index (χ0) is 28.0. The van der Waals surface area contributed by atoms with Crippen molar-refractivity contribution in [1.29, 1.82) is 0 Å². The lowest BCUT2D eigenvalue weighted by molar-refractivity contribution is -0.138. The molecule has 2 aromatic heterocycles. The van der Waals surface area contributed by atoms with Crippen LogP contribution < -0.4 is 15.6 Å². The number of nitrogens with one attached hydrogen (secondary N) is 2. The number of hydrogen-bond acceptors (Lipinski definition) is 5. The average Bonchev–Trinajstić information content (AvgIpc) is 3.31. The Bertz CT molecular complexity index is 1490. The summed E-state index contributed by atoms with van der Waals surface area (Å²) in [6, 6.07) is 15.9. The molecule has 2 aromatic carbocycles. The van der Waals surface area contributed by atoms with Crippen LogP contribution in [0.4, 0.5) is 13.2 Å². The molecule has 0 spiro atoms. The molecule has 0 aliphatic heterocycles. The van der Waals surface area contributed by atoms with Gasteiger partial charge in [-0.25, -0.2) is 0 Å². The van der Waals surface area contributed by atoms with Crippen molar-refractivity contribution in [2.75, 3.05) is 14.2 Å². The predicted octanol–water partition coefficient (Wildman–Crippen LogP) is 4.31. The van der Waals surface area contributed by atoms with E-state index in [1.807, 2.05) is 24.3 Å². The highest BCUT2D eigenvalue weighted by atomic mass is 19.4. The van der Waals surface area contributed by atoms with Gasteiger partial charge in [-0.05, 0) is 41.0 Å². The largest absolute Gasteiger partial charge is 0.497 e. The van der Waals surface area contributed by atoms with E-state index in [0.717, 1.165) is 17.2 Å². The van der Waals surface area contributed by atoms with E-state index in [0.29, 0.717) is 24.2 Å². The van der Waals surface area contributed by atoms with Gasteiger partial charge < -0.3 is 19.4 Å². The number of ether oxygens (including phenoxy) is 2. The van der Waals surface area contributed by atoms with E-state index in [4.69, 9.17) is 9.47 Å². The number of nitrogens with zero attached hydrogens (tertiary/aromatic N) is 2. The van der Waals surface area contributed by atoms with Crippen LogP contribution in [-0.2, 0) is 37.0 Å². The van der Waals surface area contributed by atoms with Crippen molar-refractivity contribution in [3.63, 3.8) is 0 Å². The molecule has 1 amide bonds. The molecule has 0 unspecified atom stereocenters. The Balaban J connectivity index is 1.53. The van der Waals surface area contributed by atoms with Gasteiger partial charge in [-0.1, -0.05) is 30.3 Å². The van der Waals surface area contributed by atoms with Gasteiger partial charge in [0.15, 0.2) is 5.69 Å². The van der Waals surface area contributed by atoms with E-state index in [1.165, 1.54) is 32.4 Å². The van der Waals surface area contributed by atoms with Crippen LogP contribution in [0.25, 0.3) is 0 Å².